The second-order valence-electron chi connectivity index (χ2n) is 4.41. The molecule has 5 nitrogen and oxygen atoms in total. The van der Waals surface area contributed by atoms with Gasteiger partial charge < -0.3 is 10.6 Å². The molecule has 2 rings (SSSR count). The Kier molecular flexibility index (Phi) is 3.44. The molecular weight excluding hydrogens is 278 g/mol. The summed E-state index contributed by atoms with van der Waals surface area (Å²) < 4.78 is 48.6. The third kappa shape index (κ3) is 3.19. The Labute approximate surface area is 108 Å². The SMILES string of the molecule is CS(=O)(=O)CCC1Nc2cc(F)cc(F)c2NC1=O. The number of anilines is 2. The van der Waals surface area contributed by atoms with Gasteiger partial charge in [-0.2, -0.15) is 0 Å². The number of rotatable bonds is 3. The maximum absolute atomic E-state index is 13.4. The molecule has 0 spiro atoms. The number of carbonyl (C=O) groups is 1. The summed E-state index contributed by atoms with van der Waals surface area (Å²) in [5.74, 6) is -2.38. The van der Waals surface area contributed by atoms with Crippen LogP contribution in [0.5, 0.6) is 0 Å². The summed E-state index contributed by atoms with van der Waals surface area (Å²) in [5, 5.41) is 4.95. The first kappa shape index (κ1) is 13.7. The van der Waals surface area contributed by atoms with Crippen LogP contribution >= 0.6 is 0 Å². The fourth-order valence-electron chi connectivity index (χ4n) is 1.81. The van der Waals surface area contributed by atoms with Crippen LogP contribution < -0.4 is 10.6 Å². The second kappa shape index (κ2) is 4.76. The van der Waals surface area contributed by atoms with Crippen LogP contribution in [0.15, 0.2) is 12.1 Å². The predicted octanol–water partition coefficient (Wildman–Crippen LogP) is 1.13. The lowest BCUT2D eigenvalue weighted by molar-refractivity contribution is -0.117. The molecule has 1 unspecified atom stereocenters. The van der Waals surface area contributed by atoms with Crippen molar-refractivity contribution in [2.45, 2.75) is 12.5 Å². The minimum atomic E-state index is -3.21. The molecule has 0 saturated carbocycles. The molecule has 19 heavy (non-hydrogen) atoms. The normalized spacial score (nSPS) is 18.5. The maximum Gasteiger partial charge on any atom is 0.247 e. The predicted molar refractivity (Wildman–Crippen MR) is 66.7 cm³/mol. The van der Waals surface area contributed by atoms with Gasteiger partial charge in [0.25, 0.3) is 0 Å². The maximum atomic E-state index is 13.4. The molecule has 0 fully saturated rings. The quantitative estimate of drug-likeness (QED) is 0.875. The van der Waals surface area contributed by atoms with Gasteiger partial charge in [-0.25, -0.2) is 17.2 Å². The van der Waals surface area contributed by atoms with Gasteiger partial charge in [-0.15, -0.1) is 0 Å². The number of fused-ring (bicyclic) bond motifs is 1. The zero-order valence-corrected chi connectivity index (χ0v) is 10.9. The van der Waals surface area contributed by atoms with Gasteiger partial charge in [0.1, 0.15) is 27.4 Å². The summed E-state index contributed by atoms with van der Waals surface area (Å²) in [6.07, 6.45) is 1.09. The van der Waals surface area contributed by atoms with Crippen LogP contribution in [0.2, 0.25) is 0 Å². The lowest BCUT2D eigenvalue weighted by atomic mass is 10.1. The van der Waals surface area contributed by atoms with E-state index < -0.39 is 33.4 Å². The van der Waals surface area contributed by atoms with E-state index in [0.29, 0.717) is 6.07 Å². The van der Waals surface area contributed by atoms with E-state index in [2.05, 4.69) is 10.6 Å². The summed E-state index contributed by atoms with van der Waals surface area (Å²) in [6.45, 7) is 0. The molecule has 1 amide bonds. The van der Waals surface area contributed by atoms with Crippen molar-refractivity contribution < 1.29 is 22.0 Å². The van der Waals surface area contributed by atoms with Crippen LogP contribution in [-0.2, 0) is 14.6 Å². The standard InChI is InChI=1S/C11H12F2N2O3S/c1-19(17,18)3-2-8-11(16)15-10-7(13)4-6(12)5-9(10)14-8/h4-5,8,14H,2-3H2,1H3,(H,15,16). The number of hydrogen-bond donors (Lipinski definition) is 2. The molecule has 0 saturated heterocycles. The monoisotopic (exact) mass is 290 g/mol. The van der Waals surface area contributed by atoms with Crippen LogP contribution in [0.1, 0.15) is 6.42 Å². The van der Waals surface area contributed by atoms with Gasteiger partial charge in [-0.3, -0.25) is 4.79 Å². The van der Waals surface area contributed by atoms with Crippen LogP contribution in [-0.4, -0.2) is 32.4 Å². The Morgan fingerprint density at radius 1 is 1.32 bits per heavy atom. The lowest BCUT2D eigenvalue weighted by Gasteiger charge is -2.26. The molecule has 104 valence electrons. The van der Waals surface area contributed by atoms with E-state index in [1.54, 1.807) is 0 Å². The fraction of sp³-hybridized carbons (Fsp3) is 0.364. The van der Waals surface area contributed by atoms with Gasteiger partial charge in [0.05, 0.1) is 11.4 Å². The Balaban J connectivity index is 2.22. The molecule has 0 aromatic heterocycles. The van der Waals surface area contributed by atoms with Crippen molar-refractivity contribution in [1.29, 1.82) is 0 Å². The van der Waals surface area contributed by atoms with Gasteiger partial charge >= 0.3 is 0 Å². The number of carbonyl (C=O) groups excluding carboxylic acids is 1. The Morgan fingerprint density at radius 2 is 2.00 bits per heavy atom. The van der Waals surface area contributed by atoms with Crippen molar-refractivity contribution in [2.24, 2.45) is 0 Å². The summed E-state index contributed by atoms with van der Waals surface area (Å²) in [6, 6.07) is 0.881. The molecular formula is C11H12F2N2O3S. The highest BCUT2D eigenvalue weighted by molar-refractivity contribution is 7.90. The molecule has 0 radical (unpaired) electrons. The van der Waals surface area contributed by atoms with E-state index in [4.69, 9.17) is 0 Å². The summed E-state index contributed by atoms with van der Waals surface area (Å²) in [5.41, 5.74) is -0.0161. The van der Waals surface area contributed by atoms with Crippen LogP contribution in [0.3, 0.4) is 0 Å². The van der Waals surface area contributed by atoms with Gasteiger partial charge in [0.2, 0.25) is 5.91 Å². The van der Waals surface area contributed by atoms with Crippen molar-refractivity contribution in [3.8, 4) is 0 Å². The van der Waals surface area contributed by atoms with E-state index in [0.717, 1.165) is 12.3 Å². The highest BCUT2D eigenvalue weighted by Crippen LogP contribution is 2.31. The van der Waals surface area contributed by atoms with E-state index in [1.165, 1.54) is 0 Å². The lowest BCUT2D eigenvalue weighted by Crippen LogP contribution is -2.40. The molecule has 0 bridgehead atoms. The number of amides is 1. The molecule has 1 aromatic carbocycles. The molecule has 2 N–H and O–H groups in total. The molecule has 1 aromatic rings. The van der Waals surface area contributed by atoms with E-state index in [-0.39, 0.29) is 23.5 Å². The average molecular weight is 290 g/mol. The first-order valence-electron chi connectivity index (χ1n) is 5.50. The molecule has 1 aliphatic rings. The fourth-order valence-corrected chi connectivity index (χ4v) is 2.48. The first-order valence-corrected chi connectivity index (χ1v) is 7.56. The molecule has 8 heteroatoms. The Bertz CT molecular complexity index is 631. The summed E-state index contributed by atoms with van der Waals surface area (Å²) >= 11 is 0. The van der Waals surface area contributed by atoms with Crippen molar-refractivity contribution in [3.05, 3.63) is 23.8 Å². The van der Waals surface area contributed by atoms with Crippen molar-refractivity contribution >= 4 is 27.1 Å². The topological polar surface area (TPSA) is 75.3 Å². The second-order valence-corrected chi connectivity index (χ2v) is 6.67. The zero-order chi connectivity index (χ0) is 14.2. The van der Waals surface area contributed by atoms with Crippen LogP contribution in [0.4, 0.5) is 20.2 Å². The van der Waals surface area contributed by atoms with E-state index in [9.17, 15) is 22.0 Å². The van der Waals surface area contributed by atoms with Gasteiger partial charge in [-0.05, 0) is 12.5 Å². The molecule has 1 atom stereocenters. The summed E-state index contributed by atoms with van der Waals surface area (Å²) in [7, 11) is -3.21. The van der Waals surface area contributed by atoms with Gasteiger partial charge in [-0.1, -0.05) is 0 Å². The Morgan fingerprint density at radius 3 is 2.63 bits per heavy atom. The minimum Gasteiger partial charge on any atom is -0.372 e. The third-order valence-electron chi connectivity index (χ3n) is 2.73. The van der Waals surface area contributed by atoms with Crippen LogP contribution in [0.25, 0.3) is 0 Å². The molecule has 1 aliphatic heterocycles. The van der Waals surface area contributed by atoms with E-state index >= 15 is 0 Å². The number of hydrogen-bond acceptors (Lipinski definition) is 4. The van der Waals surface area contributed by atoms with Crippen molar-refractivity contribution in [2.75, 3.05) is 22.6 Å². The third-order valence-corrected chi connectivity index (χ3v) is 3.70. The van der Waals surface area contributed by atoms with E-state index in [1.807, 2.05) is 0 Å². The highest BCUT2D eigenvalue weighted by Gasteiger charge is 2.28. The average Bonchev–Trinajstić information content (AvgIpc) is 2.26. The summed E-state index contributed by atoms with van der Waals surface area (Å²) in [4.78, 5) is 11.7. The van der Waals surface area contributed by atoms with Gasteiger partial charge in [0.15, 0.2) is 5.82 Å². The number of halogens is 2. The van der Waals surface area contributed by atoms with Crippen molar-refractivity contribution in [1.82, 2.24) is 0 Å². The van der Waals surface area contributed by atoms with Crippen molar-refractivity contribution in [3.63, 3.8) is 0 Å². The minimum absolute atomic E-state index is 0.0300. The van der Waals surface area contributed by atoms with Crippen LogP contribution in [0, 0.1) is 11.6 Å². The Hall–Kier alpha value is -1.70. The zero-order valence-electron chi connectivity index (χ0n) is 10.0. The van der Waals surface area contributed by atoms with Gasteiger partial charge in [0, 0.05) is 12.3 Å². The largest absolute Gasteiger partial charge is 0.372 e. The molecule has 0 aliphatic carbocycles. The highest BCUT2D eigenvalue weighted by atomic mass is 32.2. The number of benzene rings is 1. The number of nitrogens with one attached hydrogen (secondary N) is 2. The smallest absolute Gasteiger partial charge is 0.247 e. The first-order chi connectivity index (χ1) is 8.76. The molecule has 1 heterocycles. The number of sulfone groups is 1.